The van der Waals surface area contributed by atoms with Gasteiger partial charge in [-0.3, -0.25) is 9.79 Å². The van der Waals surface area contributed by atoms with Crippen molar-refractivity contribution in [2.24, 2.45) is 4.99 Å². The van der Waals surface area contributed by atoms with E-state index in [4.69, 9.17) is 4.74 Å². The molecule has 2 aliphatic heterocycles. The minimum absolute atomic E-state index is 0.204. The van der Waals surface area contributed by atoms with E-state index in [0.29, 0.717) is 18.7 Å². The van der Waals surface area contributed by atoms with Crippen LogP contribution in [-0.4, -0.2) is 72.5 Å². The minimum atomic E-state index is -1.90. The molecule has 1 amide bonds. The number of aliphatic hydroxyl groups is 1. The standard InChI is InChI=1S/C31H41N3O3/c1-7-11-28-26(8-2)23-37-30(28)16-20-34(21-17-30)19-10-18-33(6)29(35)31(36,25(5)22-32-9-3)27-14-12-24(4)13-15-27/h7-9,11-15,22,36H,2-3,5,10,16-21,23H2,1,4,6H3/b11-7-,32-22?. The van der Waals surface area contributed by atoms with E-state index in [1.165, 1.54) is 23.6 Å². The van der Waals surface area contributed by atoms with Crippen LogP contribution >= 0.6 is 0 Å². The number of benzene rings is 1. The Balaban J connectivity index is 1.61. The van der Waals surface area contributed by atoms with Gasteiger partial charge in [0.2, 0.25) is 0 Å². The third-order valence-corrected chi connectivity index (χ3v) is 7.48. The molecular weight excluding hydrogens is 462 g/mol. The smallest absolute Gasteiger partial charge is 0.263 e. The molecule has 0 aliphatic carbocycles. The third-order valence-electron chi connectivity index (χ3n) is 7.48. The molecule has 1 fully saturated rings. The molecule has 0 saturated carbocycles. The molecule has 0 aromatic heterocycles. The van der Waals surface area contributed by atoms with Crippen molar-refractivity contribution in [3.63, 3.8) is 0 Å². The Morgan fingerprint density at radius 1 is 1.27 bits per heavy atom. The Hall–Kier alpha value is -3.06. The summed E-state index contributed by atoms with van der Waals surface area (Å²) in [5.41, 5.74) is 2.06. The van der Waals surface area contributed by atoms with E-state index < -0.39 is 11.5 Å². The summed E-state index contributed by atoms with van der Waals surface area (Å²) >= 11 is 0. The van der Waals surface area contributed by atoms with Crippen molar-refractivity contribution in [2.75, 3.05) is 39.8 Å². The molecule has 2 aliphatic rings. The maximum Gasteiger partial charge on any atom is 0.263 e. The minimum Gasteiger partial charge on any atom is -0.372 e. The molecule has 6 heteroatoms. The van der Waals surface area contributed by atoms with E-state index in [1.807, 2.05) is 32.1 Å². The summed E-state index contributed by atoms with van der Waals surface area (Å²) in [5, 5.41) is 11.6. The molecule has 1 spiro atoms. The van der Waals surface area contributed by atoms with Gasteiger partial charge < -0.3 is 19.6 Å². The monoisotopic (exact) mass is 503 g/mol. The van der Waals surface area contributed by atoms with E-state index >= 15 is 0 Å². The summed E-state index contributed by atoms with van der Waals surface area (Å²) in [6.45, 7) is 19.4. The number of aryl methyl sites for hydroxylation is 1. The lowest BCUT2D eigenvalue weighted by molar-refractivity contribution is -0.146. The van der Waals surface area contributed by atoms with Crippen molar-refractivity contribution in [1.29, 1.82) is 0 Å². The first kappa shape index (κ1) is 28.5. The average Bonchev–Trinajstić information content (AvgIpc) is 3.24. The second-order valence-electron chi connectivity index (χ2n) is 9.91. The van der Waals surface area contributed by atoms with Crippen molar-refractivity contribution in [2.45, 2.75) is 44.3 Å². The molecule has 1 saturated heterocycles. The quantitative estimate of drug-likeness (QED) is 0.444. The molecule has 3 rings (SSSR count). The molecule has 37 heavy (non-hydrogen) atoms. The van der Waals surface area contributed by atoms with Gasteiger partial charge in [0.25, 0.3) is 5.91 Å². The van der Waals surface area contributed by atoms with Crippen molar-refractivity contribution in [1.82, 2.24) is 9.80 Å². The number of nitrogens with zero attached hydrogens (tertiary/aromatic N) is 3. The second-order valence-corrected chi connectivity index (χ2v) is 9.91. The molecule has 1 N–H and O–H groups in total. The average molecular weight is 504 g/mol. The molecule has 198 valence electrons. The van der Waals surface area contributed by atoms with Crippen molar-refractivity contribution in [3.05, 3.63) is 96.3 Å². The number of ether oxygens (including phenoxy) is 1. The molecular formula is C31H41N3O3. The van der Waals surface area contributed by atoms with Gasteiger partial charge in [-0.25, -0.2) is 0 Å². The van der Waals surface area contributed by atoms with Crippen LogP contribution in [0.1, 0.15) is 37.3 Å². The number of allylic oxidation sites excluding steroid dienone is 1. The van der Waals surface area contributed by atoms with Crippen molar-refractivity contribution < 1.29 is 14.6 Å². The highest BCUT2D eigenvalue weighted by molar-refractivity contribution is 5.98. The number of aliphatic imine (C=N–C) groups is 1. The lowest BCUT2D eigenvalue weighted by Crippen LogP contribution is -2.48. The summed E-state index contributed by atoms with van der Waals surface area (Å²) < 4.78 is 6.28. The maximum atomic E-state index is 13.5. The highest BCUT2D eigenvalue weighted by atomic mass is 16.5. The highest BCUT2D eigenvalue weighted by Crippen LogP contribution is 2.41. The van der Waals surface area contributed by atoms with Gasteiger partial charge in [-0.05, 0) is 56.4 Å². The number of rotatable bonds is 11. The van der Waals surface area contributed by atoms with Crippen LogP contribution in [0.15, 0.2) is 90.1 Å². The fraction of sp³-hybridized carbons (Fsp3) is 0.419. The van der Waals surface area contributed by atoms with Crippen LogP contribution in [0.5, 0.6) is 0 Å². The Morgan fingerprint density at radius 2 is 1.95 bits per heavy atom. The van der Waals surface area contributed by atoms with Crippen LogP contribution in [0.25, 0.3) is 0 Å². The highest BCUT2D eigenvalue weighted by Gasteiger charge is 2.43. The van der Waals surface area contributed by atoms with Crippen LogP contribution < -0.4 is 0 Å². The van der Waals surface area contributed by atoms with E-state index in [-0.39, 0.29) is 11.2 Å². The predicted molar refractivity (Wildman–Crippen MR) is 152 cm³/mol. The number of hydrogen-bond donors (Lipinski definition) is 1. The zero-order valence-corrected chi connectivity index (χ0v) is 22.6. The van der Waals surface area contributed by atoms with Crippen LogP contribution in [-0.2, 0) is 15.1 Å². The topological polar surface area (TPSA) is 65.4 Å². The van der Waals surface area contributed by atoms with Crippen LogP contribution in [0.4, 0.5) is 0 Å². The first-order valence-electron chi connectivity index (χ1n) is 13.0. The van der Waals surface area contributed by atoms with E-state index in [1.54, 1.807) is 24.1 Å². The van der Waals surface area contributed by atoms with Crippen LogP contribution in [0.2, 0.25) is 0 Å². The molecule has 1 atom stereocenters. The summed E-state index contributed by atoms with van der Waals surface area (Å²) in [7, 11) is 1.72. The van der Waals surface area contributed by atoms with Crippen molar-refractivity contribution >= 4 is 12.1 Å². The molecule has 6 nitrogen and oxygen atoms in total. The van der Waals surface area contributed by atoms with Gasteiger partial charge in [0.05, 0.1) is 12.2 Å². The lowest BCUT2D eigenvalue weighted by atomic mass is 9.83. The van der Waals surface area contributed by atoms with Gasteiger partial charge in [0.1, 0.15) is 0 Å². The number of piperidine rings is 1. The maximum absolute atomic E-state index is 13.5. The van der Waals surface area contributed by atoms with Gasteiger partial charge >= 0.3 is 0 Å². The van der Waals surface area contributed by atoms with Crippen molar-refractivity contribution in [3.8, 4) is 0 Å². The summed E-state index contributed by atoms with van der Waals surface area (Å²) in [4.78, 5) is 21.5. The Bertz CT molecular complexity index is 1090. The first-order chi connectivity index (χ1) is 17.7. The lowest BCUT2D eigenvalue weighted by Gasteiger charge is -2.40. The van der Waals surface area contributed by atoms with Crippen LogP contribution in [0.3, 0.4) is 0 Å². The SMILES string of the molecule is C=CN=CC(=C)C(O)(C(=O)N(C)CCCN1CCC2(CC1)OCC(C=C)=C2/C=C\C)c1ccc(C)cc1. The Morgan fingerprint density at radius 3 is 2.54 bits per heavy atom. The van der Waals surface area contributed by atoms with Crippen LogP contribution in [0, 0.1) is 6.92 Å². The summed E-state index contributed by atoms with van der Waals surface area (Å²) in [5.74, 6) is -0.424. The molecule has 0 bridgehead atoms. The molecule has 1 unspecified atom stereocenters. The number of likely N-dealkylation sites (tertiary alicyclic amines) is 1. The largest absolute Gasteiger partial charge is 0.372 e. The molecule has 0 radical (unpaired) electrons. The fourth-order valence-electron chi connectivity index (χ4n) is 5.20. The van der Waals surface area contributed by atoms with Gasteiger partial charge in [-0.1, -0.05) is 67.8 Å². The number of carbonyl (C=O) groups is 1. The Kier molecular flexibility index (Phi) is 9.60. The summed E-state index contributed by atoms with van der Waals surface area (Å²) in [6.07, 6.45) is 11.6. The van der Waals surface area contributed by atoms with E-state index in [9.17, 15) is 9.90 Å². The number of hydrogen-bond acceptors (Lipinski definition) is 5. The van der Waals surface area contributed by atoms with Gasteiger partial charge in [0, 0.05) is 44.7 Å². The van der Waals surface area contributed by atoms with Gasteiger partial charge in [-0.2, -0.15) is 0 Å². The Labute approximate surface area is 222 Å². The second kappa shape index (κ2) is 12.5. The summed E-state index contributed by atoms with van der Waals surface area (Å²) in [6, 6.07) is 7.27. The fourth-order valence-corrected chi connectivity index (χ4v) is 5.20. The molecule has 1 aromatic rings. The first-order valence-corrected chi connectivity index (χ1v) is 13.0. The zero-order chi connectivity index (χ0) is 27.1. The predicted octanol–water partition coefficient (Wildman–Crippen LogP) is 4.73. The third kappa shape index (κ3) is 6.09. The zero-order valence-electron chi connectivity index (χ0n) is 22.6. The normalized spacial score (nSPS) is 19.5. The van der Waals surface area contributed by atoms with E-state index in [0.717, 1.165) is 44.5 Å². The molecule has 1 aromatic carbocycles. The number of amides is 1. The molecule has 2 heterocycles. The number of likely N-dealkylation sites (N-methyl/N-ethyl adjacent to an activating group) is 1. The number of carbonyl (C=O) groups excluding carboxylic acids is 1. The van der Waals surface area contributed by atoms with Gasteiger partial charge in [-0.15, -0.1) is 0 Å². The van der Waals surface area contributed by atoms with E-state index in [2.05, 4.69) is 41.8 Å². The van der Waals surface area contributed by atoms with Gasteiger partial charge in [0.15, 0.2) is 5.60 Å².